The summed E-state index contributed by atoms with van der Waals surface area (Å²) in [6, 6.07) is 8.87. The Morgan fingerprint density at radius 3 is 2.71 bits per heavy atom. The first-order valence-electron chi connectivity index (χ1n) is 6.44. The number of rotatable bonds is 6. The molecule has 0 saturated carbocycles. The smallest absolute Gasteiger partial charge is 0.244 e. The van der Waals surface area contributed by atoms with Crippen molar-refractivity contribution < 1.29 is 13.2 Å². The van der Waals surface area contributed by atoms with Crippen LogP contribution in [0.15, 0.2) is 41.4 Å². The number of aromatic amines is 1. The lowest BCUT2D eigenvalue weighted by atomic mass is 10.2. The van der Waals surface area contributed by atoms with Crippen molar-refractivity contribution in [2.75, 3.05) is 14.2 Å². The van der Waals surface area contributed by atoms with E-state index in [2.05, 4.69) is 4.98 Å². The van der Waals surface area contributed by atoms with E-state index in [0.29, 0.717) is 11.4 Å². The predicted molar refractivity (Wildman–Crippen MR) is 80.3 cm³/mol. The van der Waals surface area contributed by atoms with Crippen molar-refractivity contribution in [3.05, 3.63) is 47.8 Å². The number of methoxy groups -OCH3 is 1. The molecule has 0 aliphatic rings. The van der Waals surface area contributed by atoms with Crippen molar-refractivity contribution in [1.82, 2.24) is 9.29 Å². The average molecular weight is 309 g/mol. The summed E-state index contributed by atoms with van der Waals surface area (Å²) >= 11 is 0. The molecule has 1 heterocycles. The minimum atomic E-state index is -3.54. The van der Waals surface area contributed by atoms with Crippen LogP contribution in [0.3, 0.4) is 0 Å². The van der Waals surface area contributed by atoms with E-state index >= 15 is 0 Å². The number of nitrogens with two attached hydrogens (primary N) is 1. The van der Waals surface area contributed by atoms with Crippen molar-refractivity contribution >= 4 is 10.0 Å². The maximum Gasteiger partial charge on any atom is 0.244 e. The summed E-state index contributed by atoms with van der Waals surface area (Å²) < 4.78 is 31.3. The summed E-state index contributed by atoms with van der Waals surface area (Å²) in [7, 11) is -0.418. The molecule has 6 nitrogen and oxygen atoms in total. The van der Waals surface area contributed by atoms with Crippen LogP contribution < -0.4 is 10.5 Å². The van der Waals surface area contributed by atoms with Gasteiger partial charge in [0.25, 0.3) is 0 Å². The first-order valence-corrected chi connectivity index (χ1v) is 7.88. The van der Waals surface area contributed by atoms with Crippen LogP contribution in [0.1, 0.15) is 11.3 Å². The van der Waals surface area contributed by atoms with Gasteiger partial charge in [-0.1, -0.05) is 12.1 Å². The van der Waals surface area contributed by atoms with Gasteiger partial charge in [0.2, 0.25) is 10.0 Å². The lowest BCUT2D eigenvalue weighted by Gasteiger charge is -2.16. The lowest BCUT2D eigenvalue weighted by molar-refractivity contribution is 0.412. The highest BCUT2D eigenvalue weighted by Crippen LogP contribution is 2.19. The Labute approximate surface area is 124 Å². The zero-order valence-electron chi connectivity index (χ0n) is 12.0. The van der Waals surface area contributed by atoms with E-state index in [4.69, 9.17) is 10.5 Å². The van der Waals surface area contributed by atoms with E-state index in [-0.39, 0.29) is 18.0 Å². The van der Waals surface area contributed by atoms with Gasteiger partial charge in [0.05, 0.1) is 12.0 Å². The van der Waals surface area contributed by atoms with E-state index in [1.165, 1.54) is 10.5 Å². The van der Waals surface area contributed by atoms with Crippen LogP contribution in [-0.2, 0) is 23.1 Å². The molecular formula is C14H19N3O3S. The molecule has 1 aromatic heterocycles. The van der Waals surface area contributed by atoms with Crippen LogP contribution in [-0.4, -0.2) is 31.9 Å². The first-order chi connectivity index (χ1) is 9.97. The highest BCUT2D eigenvalue weighted by atomic mass is 32.2. The van der Waals surface area contributed by atoms with Crippen LogP contribution in [0.25, 0.3) is 0 Å². The topological polar surface area (TPSA) is 88.4 Å². The zero-order valence-corrected chi connectivity index (χ0v) is 12.9. The first kappa shape index (κ1) is 15.6. The van der Waals surface area contributed by atoms with Crippen LogP contribution in [0.4, 0.5) is 0 Å². The van der Waals surface area contributed by atoms with E-state index < -0.39 is 10.0 Å². The molecule has 0 unspecified atom stereocenters. The Morgan fingerprint density at radius 1 is 1.33 bits per heavy atom. The van der Waals surface area contributed by atoms with Crippen molar-refractivity contribution in [2.45, 2.75) is 18.0 Å². The van der Waals surface area contributed by atoms with Gasteiger partial charge in [0.1, 0.15) is 5.75 Å². The summed E-state index contributed by atoms with van der Waals surface area (Å²) in [4.78, 5) is 3.06. The number of hydrogen-bond acceptors (Lipinski definition) is 4. The maximum absolute atomic E-state index is 12.5. The molecule has 2 aromatic rings. The van der Waals surface area contributed by atoms with Gasteiger partial charge >= 0.3 is 0 Å². The normalized spacial score (nSPS) is 11.8. The number of aromatic nitrogens is 1. The third kappa shape index (κ3) is 3.44. The number of nitrogens with zero attached hydrogens (tertiary/aromatic N) is 1. The number of H-pyrrole nitrogens is 1. The zero-order chi connectivity index (χ0) is 15.5. The molecule has 114 valence electrons. The fourth-order valence-electron chi connectivity index (χ4n) is 1.98. The second-order valence-corrected chi connectivity index (χ2v) is 6.72. The molecule has 1 aromatic carbocycles. The molecule has 7 heteroatoms. The third-order valence-corrected chi connectivity index (χ3v) is 4.96. The molecule has 0 fully saturated rings. The number of benzene rings is 1. The molecule has 0 aliphatic heterocycles. The van der Waals surface area contributed by atoms with Crippen LogP contribution in [0, 0.1) is 0 Å². The molecule has 2 rings (SSSR count). The molecular weight excluding hydrogens is 290 g/mol. The number of hydrogen-bond donors (Lipinski definition) is 2. The monoisotopic (exact) mass is 309 g/mol. The molecule has 0 saturated heterocycles. The summed E-state index contributed by atoms with van der Waals surface area (Å²) in [5, 5.41) is 0. The predicted octanol–water partition coefficient (Wildman–Crippen LogP) is 1.30. The van der Waals surface area contributed by atoms with Crippen LogP contribution in [0.5, 0.6) is 5.75 Å². The van der Waals surface area contributed by atoms with Gasteiger partial charge < -0.3 is 15.5 Å². The maximum atomic E-state index is 12.5. The largest absolute Gasteiger partial charge is 0.497 e. The SMILES string of the molecule is COc1cccc(CN(C)S(=O)(=O)c2c[nH]c(CN)c2)c1. The van der Waals surface area contributed by atoms with Gasteiger partial charge in [-0.15, -0.1) is 0 Å². The summed E-state index contributed by atoms with van der Waals surface area (Å²) in [5.41, 5.74) is 7.02. The Kier molecular flexibility index (Phi) is 4.66. The van der Waals surface area contributed by atoms with Crippen molar-refractivity contribution in [3.63, 3.8) is 0 Å². The fraction of sp³-hybridized carbons (Fsp3) is 0.286. The Bertz CT molecular complexity index is 710. The second kappa shape index (κ2) is 6.30. The summed E-state index contributed by atoms with van der Waals surface area (Å²) in [5.74, 6) is 0.699. The quantitative estimate of drug-likeness (QED) is 0.842. The Hall–Kier alpha value is -1.83. The van der Waals surface area contributed by atoms with Gasteiger partial charge in [-0.25, -0.2) is 8.42 Å². The minimum Gasteiger partial charge on any atom is -0.497 e. The highest BCUT2D eigenvalue weighted by molar-refractivity contribution is 7.89. The molecule has 0 radical (unpaired) electrons. The van der Waals surface area contributed by atoms with Gasteiger partial charge in [-0.05, 0) is 23.8 Å². The lowest BCUT2D eigenvalue weighted by Crippen LogP contribution is -2.26. The second-order valence-electron chi connectivity index (χ2n) is 4.68. The minimum absolute atomic E-state index is 0.216. The molecule has 0 aliphatic carbocycles. The van der Waals surface area contributed by atoms with Gasteiger partial charge in [-0.2, -0.15) is 4.31 Å². The van der Waals surface area contributed by atoms with Gasteiger partial charge in [0.15, 0.2) is 0 Å². The number of ether oxygens (including phenoxy) is 1. The number of nitrogens with one attached hydrogen (secondary N) is 1. The Balaban J connectivity index is 2.19. The molecule has 0 bridgehead atoms. The fourth-order valence-corrected chi connectivity index (χ4v) is 3.16. The van der Waals surface area contributed by atoms with Crippen LogP contribution >= 0.6 is 0 Å². The summed E-state index contributed by atoms with van der Waals surface area (Å²) in [6.45, 7) is 0.539. The number of sulfonamides is 1. The van der Waals surface area contributed by atoms with Crippen molar-refractivity contribution in [3.8, 4) is 5.75 Å². The van der Waals surface area contributed by atoms with E-state index in [0.717, 1.165) is 5.56 Å². The molecule has 0 amide bonds. The highest BCUT2D eigenvalue weighted by Gasteiger charge is 2.22. The van der Waals surface area contributed by atoms with E-state index in [9.17, 15) is 8.42 Å². The summed E-state index contributed by atoms with van der Waals surface area (Å²) in [6.07, 6.45) is 1.46. The molecule has 3 N–H and O–H groups in total. The van der Waals surface area contributed by atoms with Gasteiger partial charge in [-0.3, -0.25) is 0 Å². The van der Waals surface area contributed by atoms with E-state index in [1.807, 2.05) is 24.3 Å². The van der Waals surface area contributed by atoms with Crippen LogP contribution in [0.2, 0.25) is 0 Å². The van der Waals surface area contributed by atoms with Gasteiger partial charge in [0, 0.05) is 32.0 Å². The van der Waals surface area contributed by atoms with E-state index in [1.54, 1.807) is 20.2 Å². The third-order valence-electron chi connectivity index (χ3n) is 3.18. The Morgan fingerprint density at radius 2 is 2.10 bits per heavy atom. The average Bonchev–Trinajstić information content (AvgIpc) is 2.97. The molecule has 0 spiro atoms. The molecule has 21 heavy (non-hydrogen) atoms. The van der Waals surface area contributed by atoms with Crippen molar-refractivity contribution in [2.24, 2.45) is 5.73 Å². The van der Waals surface area contributed by atoms with Crippen molar-refractivity contribution in [1.29, 1.82) is 0 Å². The standard InChI is InChI=1S/C14H19N3O3S/c1-17(10-11-4-3-5-13(6-11)20-2)21(18,19)14-7-12(8-15)16-9-14/h3-7,9,16H,8,10,15H2,1-2H3. The molecule has 0 atom stereocenters.